The molecule has 1 aromatic heterocycles. The number of halogens is 3. The van der Waals surface area contributed by atoms with Crippen molar-refractivity contribution < 1.29 is 51.4 Å². The van der Waals surface area contributed by atoms with E-state index in [0.717, 1.165) is 30.3 Å². The molecule has 2 aliphatic rings. The third-order valence-electron chi connectivity index (χ3n) is 6.61. The number of ether oxygens (including phenoxy) is 2. The lowest BCUT2D eigenvalue weighted by atomic mass is 9.86. The van der Waals surface area contributed by atoms with Crippen LogP contribution in [0.4, 0.5) is 13.2 Å². The first kappa shape index (κ1) is 16.0. The summed E-state index contributed by atoms with van der Waals surface area (Å²) < 4.78 is 136. The first-order valence-corrected chi connectivity index (χ1v) is 11.4. The summed E-state index contributed by atoms with van der Waals surface area (Å²) >= 11 is 0. The van der Waals surface area contributed by atoms with Crippen LogP contribution in [0.1, 0.15) is 70.4 Å². The van der Waals surface area contributed by atoms with Gasteiger partial charge in [-0.15, -0.1) is 8.78 Å². The minimum absolute atomic E-state index is 0.0491. The molecule has 2 N–H and O–H groups in total. The van der Waals surface area contributed by atoms with Crippen LogP contribution in [-0.2, 0) is 28.5 Å². The number of aliphatic hydroxyl groups is 2. The van der Waals surface area contributed by atoms with Crippen molar-refractivity contribution >= 4 is 16.7 Å². The predicted molar refractivity (Wildman–Crippen MR) is 131 cm³/mol. The summed E-state index contributed by atoms with van der Waals surface area (Å²) in [4.78, 5) is 13.9. The second-order valence-corrected chi connectivity index (χ2v) is 9.20. The molecule has 0 bridgehead atoms. The smallest absolute Gasteiger partial charge is 0.395 e. The Morgan fingerprint density at radius 3 is 2.68 bits per heavy atom. The van der Waals surface area contributed by atoms with Gasteiger partial charge in [0.25, 0.3) is 0 Å². The van der Waals surface area contributed by atoms with Gasteiger partial charge in [0.05, 0.1) is 34.2 Å². The quantitative estimate of drug-likeness (QED) is 0.410. The van der Waals surface area contributed by atoms with Crippen LogP contribution >= 0.6 is 0 Å². The molecule has 2 aromatic carbocycles. The number of ketones is 1. The molecule has 6 nitrogen and oxygen atoms in total. The number of rotatable bonds is 9. The average molecular weight is 528 g/mol. The van der Waals surface area contributed by atoms with Gasteiger partial charge in [0, 0.05) is 32.5 Å². The van der Waals surface area contributed by atoms with E-state index in [9.17, 15) is 23.8 Å². The maximum absolute atomic E-state index is 15.8. The van der Waals surface area contributed by atoms with E-state index in [1.807, 2.05) is 0 Å². The molecule has 0 spiro atoms. The van der Waals surface area contributed by atoms with E-state index >= 15 is 4.39 Å². The molecule has 1 saturated carbocycles. The Balaban J connectivity index is 1.66. The highest BCUT2D eigenvalue weighted by atomic mass is 19.3. The Morgan fingerprint density at radius 2 is 2.03 bits per heavy atom. The molecule has 3 aromatic rings. The van der Waals surface area contributed by atoms with Crippen LogP contribution in [0.15, 0.2) is 36.4 Å². The summed E-state index contributed by atoms with van der Waals surface area (Å²) in [7, 11) is 0. The van der Waals surface area contributed by atoms with Crippen LogP contribution in [-0.4, -0.2) is 39.5 Å². The van der Waals surface area contributed by atoms with Crippen molar-refractivity contribution in [1.82, 2.24) is 4.57 Å². The molecule has 0 amide bonds. The van der Waals surface area contributed by atoms with Crippen molar-refractivity contribution in [3.8, 4) is 11.5 Å². The average Bonchev–Trinajstić information content (AvgIpc) is 3.27. The Labute approximate surface area is 226 Å². The summed E-state index contributed by atoms with van der Waals surface area (Å²) in [5.74, 6) is -3.36. The van der Waals surface area contributed by atoms with Crippen molar-refractivity contribution in [3.63, 3.8) is 0 Å². The van der Waals surface area contributed by atoms with Gasteiger partial charge >= 0.3 is 6.29 Å². The van der Waals surface area contributed by atoms with Gasteiger partial charge in [-0.1, -0.05) is 26.8 Å². The molecule has 1 aliphatic heterocycles. The van der Waals surface area contributed by atoms with Crippen LogP contribution in [0.25, 0.3) is 10.9 Å². The van der Waals surface area contributed by atoms with Crippen molar-refractivity contribution in [2.24, 2.45) is 0 Å². The number of hydrogen-bond donors (Lipinski definition) is 2. The van der Waals surface area contributed by atoms with Gasteiger partial charge < -0.3 is 24.3 Å². The minimum Gasteiger partial charge on any atom is -0.395 e. The molecule has 198 valence electrons. The highest BCUT2D eigenvalue weighted by molar-refractivity contribution is 5.95. The zero-order valence-corrected chi connectivity index (χ0v) is 19.8. The van der Waals surface area contributed by atoms with Crippen molar-refractivity contribution in [2.45, 2.75) is 76.0 Å². The summed E-state index contributed by atoms with van der Waals surface area (Å²) in [6.07, 6.45) is -14.1. The van der Waals surface area contributed by atoms with E-state index in [0.29, 0.717) is 4.57 Å². The third kappa shape index (κ3) is 4.48. The standard InChI is InChI=1S/C28H30F3NO5/c1-4-26(2,3)24-10-17-9-16(20(29)13-21(17)32(24)14-19(34)15-33)11-25(35)27(7-8-27)18-5-6-22-23(12-18)37-28(30,31)36-22/h5-6,9-10,12-13,19,33-34H,4,7-8,11,14-15H2,1-3H3/t19-/m0/s1/i2D3,7D2,8D2,14D2,19D/t19-,26?. The second kappa shape index (κ2) is 8.77. The van der Waals surface area contributed by atoms with Crippen LogP contribution in [0, 0.1) is 5.82 Å². The van der Waals surface area contributed by atoms with Gasteiger partial charge in [-0.3, -0.25) is 4.79 Å². The number of nitrogens with zero attached hydrogens (tertiary/aromatic N) is 1. The molecule has 2 heterocycles. The van der Waals surface area contributed by atoms with Gasteiger partial charge in [-0.05, 0) is 60.6 Å². The van der Waals surface area contributed by atoms with Gasteiger partial charge in [0.15, 0.2) is 11.5 Å². The number of Topliss-reactive ketones (excluding diaryl/α,β-unsaturated/α-hetero) is 1. The second-order valence-electron chi connectivity index (χ2n) is 9.20. The van der Waals surface area contributed by atoms with Crippen LogP contribution in [0.3, 0.4) is 0 Å². The predicted octanol–water partition coefficient (Wildman–Crippen LogP) is 4.99. The molecule has 1 unspecified atom stereocenters. The summed E-state index contributed by atoms with van der Waals surface area (Å²) in [5.41, 5.74) is -5.85. The topological polar surface area (TPSA) is 80.9 Å². The zero-order chi connectivity index (χ0) is 35.6. The number of alkyl halides is 2. The Morgan fingerprint density at radius 1 is 1.30 bits per heavy atom. The highest BCUT2D eigenvalue weighted by Gasteiger charge is 2.52. The molecule has 0 radical (unpaired) electrons. The number of carbonyl (C=O) groups excluding carboxylic acids is 1. The Hall–Kier alpha value is -3.04. The van der Waals surface area contributed by atoms with Gasteiger partial charge in [0.2, 0.25) is 0 Å². The SMILES string of the molecule is [2H]C([2H])([2H])C(C)(CC)c1cc2cc(CC(=O)C3(c4ccc5c(c4)OC(F)(F)O5)C([2H])([2H])C3([2H])[2H])c(F)cc2n1C([2H])([2H])[C@]([2H])(O)CO. The Kier molecular flexibility index (Phi) is 3.80. The fourth-order valence-electron chi connectivity index (χ4n) is 4.28. The molecule has 9 heteroatoms. The maximum atomic E-state index is 15.8. The first-order valence-electron chi connectivity index (χ1n) is 16.4. The molecule has 5 rings (SSSR count). The molecule has 37 heavy (non-hydrogen) atoms. The minimum atomic E-state index is -4.05. The van der Waals surface area contributed by atoms with E-state index in [2.05, 4.69) is 9.47 Å². The zero-order valence-electron chi connectivity index (χ0n) is 29.8. The van der Waals surface area contributed by atoms with E-state index in [1.165, 1.54) is 19.9 Å². The van der Waals surface area contributed by atoms with Gasteiger partial charge in [-0.2, -0.15) is 0 Å². The normalized spacial score (nSPS) is 27.9. The van der Waals surface area contributed by atoms with E-state index in [1.54, 1.807) is 0 Å². The van der Waals surface area contributed by atoms with Crippen LogP contribution < -0.4 is 9.47 Å². The molecule has 2 atom stereocenters. The molecule has 0 saturated heterocycles. The lowest BCUT2D eigenvalue weighted by Crippen LogP contribution is -2.26. The summed E-state index contributed by atoms with van der Waals surface area (Å²) in [6, 6.07) is 5.82. The third-order valence-corrected chi connectivity index (χ3v) is 6.61. The highest BCUT2D eigenvalue weighted by Crippen LogP contribution is 2.52. The summed E-state index contributed by atoms with van der Waals surface area (Å²) in [6.45, 7) is -4.66. The molecular formula is C28H30F3NO5. The van der Waals surface area contributed by atoms with E-state index in [-0.39, 0.29) is 28.6 Å². The van der Waals surface area contributed by atoms with E-state index in [4.69, 9.17) is 13.7 Å². The Bertz CT molecular complexity index is 1780. The number of aliphatic hydroxyl groups excluding tert-OH is 1. The monoisotopic (exact) mass is 527 g/mol. The molecular weight excluding hydrogens is 487 g/mol. The lowest BCUT2D eigenvalue weighted by Gasteiger charge is -2.26. The van der Waals surface area contributed by atoms with Gasteiger partial charge in [-0.25, -0.2) is 4.39 Å². The number of benzene rings is 2. The first-order chi connectivity index (χ1) is 21.3. The van der Waals surface area contributed by atoms with E-state index < -0.39 is 91.0 Å². The van der Waals surface area contributed by atoms with Crippen molar-refractivity contribution in [2.75, 3.05) is 6.61 Å². The number of carbonyl (C=O) groups is 1. The van der Waals surface area contributed by atoms with Crippen molar-refractivity contribution in [3.05, 3.63) is 59.0 Å². The van der Waals surface area contributed by atoms with Crippen LogP contribution in [0.5, 0.6) is 11.5 Å². The number of aromatic nitrogens is 1. The number of hydrogen-bond acceptors (Lipinski definition) is 5. The van der Waals surface area contributed by atoms with Crippen molar-refractivity contribution in [1.29, 1.82) is 0 Å². The lowest BCUT2D eigenvalue weighted by molar-refractivity contribution is -0.286. The van der Waals surface area contributed by atoms with Crippen LogP contribution in [0.2, 0.25) is 0 Å². The summed E-state index contributed by atoms with van der Waals surface area (Å²) in [5, 5.41) is 20.1. The maximum Gasteiger partial charge on any atom is 0.586 e. The molecule has 1 fully saturated rings. The number of fused-ring (bicyclic) bond motifs is 2. The fraction of sp³-hybridized carbons (Fsp3) is 0.464. The fourth-order valence-corrected chi connectivity index (χ4v) is 4.28. The molecule has 1 aliphatic carbocycles. The largest absolute Gasteiger partial charge is 0.586 e. The van der Waals surface area contributed by atoms with Gasteiger partial charge in [0.1, 0.15) is 11.6 Å².